The zero-order chi connectivity index (χ0) is 13.2. The lowest BCUT2D eigenvalue weighted by molar-refractivity contribution is 0.266. The van der Waals surface area contributed by atoms with Crippen molar-refractivity contribution >= 4 is 0 Å². The molecule has 2 heteroatoms. The Kier molecular flexibility index (Phi) is 3.73. The third-order valence-corrected chi connectivity index (χ3v) is 4.22. The predicted octanol–water partition coefficient (Wildman–Crippen LogP) is 3.79. The van der Waals surface area contributed by atoms with Gasteiger partial charge in [-0.3, -0.25) is 0 Å². The minimum absolute atomic E-state index is 0.306. The van der Waals surface area contributed by atoms with Gasteiger partial charge < -0.3 is 5.32 Å². The molecule has 1 N–H and O–H groups in total. The van der Waals surface area contributed by atoms with Crippen molar-refractivity contribution in [1.82, 2.24) is 5.32 Å². The minimum Gasteiger partial charge on any atom is -0.307 e. The van der Waals surface area contributed by atoms with Crippen LogP contribution in [0.25, 0.3) is 0 Å². The van der Waals surface area contributed by atoms with Crippen LogP contribution in [0.15, 0.2) is 24.3 Å². The Bertz CT molecular complexity index is 456. The van der Waals surface area contributed by atoms with Gasteiger partial charge in [-0.1, -0.05) is 32.4 Å². The number of hydrogen-bond acceptors (Lipinski definition) is 2. The van der Waals surface area contributed by atoms with Crippen LogP contribution < -0.4 is 5.32 Å². The molecule has 2 rings (SSSR count). The molecule has 96 valence electrons. The van der Waals surface area contributed by atoms with Crippen LogP contribution in [0.3, 0.4) is 0 Å². The summed E-state index contributed by atoms with van der Waals surface area (Å²) in [5.74, 6) is 0. The van der Waals surface area contributed by atoms with Gasteiger partial charge in [-0.25, -0.2) is 0 Å². The van der Waals surface area contributed by atoms with E-state index in [0.29, 0.717) is 17.5 Å². The highest BCUT2D eigenvalue weighted by molar-refractivity contribution is 5.34. The van der Waals surface area contributed by atoms with Crippen molar-refractivity contribution in [2.24, 2.45) is 5.41 Å². The molecule has 2 unspecified atom stereocenters. The lowest BCUT2D eigenvalue weighted by Crippen LogP contribution is -2.39. The van der Waals surface area contributed by atoms with Crippen molar-refractivity contribution < 1.29 is 0 Å². The average molecular weight is 242 g/mol. The second-order valence-electron chi connectivity index (χ2n) is 6.06. The first-order valence-corrected chi connectivity index (χ1v) is 6.79. The summed E-state index contributed by atoms with van der Waals surface area (Å²) in [7, 11) is 0. The fourth-order valence-electron chi connectivity index (χ4n) is 2.91. The molecule has 0 radical (unpaired) electrons. The number of benzene rings is 1. The Morgan fingerprint density at radius 2 is 2.22 bits per heavy atom. The number of hydrogen-bond donors (Lipinski definition) is 1. The maximum Gasteiger partial charge on any atom is 0.0991 e. The van der Waals surface area contributed by atoms with Crippen molar-refractivity contribution in [3.63, 3.8) is 0 Å². The number of nitrogens with one attached hydrogen (secondary N) is 1. The Morgan fingerprint density at radius 3 is 2.83 bits per heavy atom. The van der Waals surface area contributed by atoms with Crippen LogP contribution in [0.4, 0.5) is 0 Å². The Labute approximate surface area is 110 Å². The topological polar surface area (TPSA) is 35.8 Å². The maximum absolute atomic E-state index is 8.94. The quantitative estimate of drug-likeness (QED) is 0.875. The monoisotopic (exact) mass is 242 g/mol. The highest BCUT2D eigenvalue weighted by Gasteiger charge is 2.34. The zero-order valence-corrected chi connectivity index (χ0v) is 11.5. The van der Waals surface area contributed by atoms with E-state index in [2.05, 4.69) is 38.2 Å². The van der Waals surface area contributed by atoms with E-state index >= 15 is 0 Å². The molecule has 2 nitrogen and oxygen atoms in total. The molecule has 0 bridgehead atoms. The van der Waals surface area contributed by atoms with Crippen molar-refractivity contribution in [2.75, 3.05) is 0 Å². The molecule has 1 aliphatic rings. The Morgan fingerprint density at radius 1 is 1.44 bits per heavy atom. The summed E-state index contributed by atoms with van der Waals surface area (Å²) in [6, 6.07) is 11.0. The molecular weight excluding hydrogens is 220 g/mol. The van der Waals surface area contributed by atoms with E-state index in [1.165, 1.54) is 24.8 Å². The van der Waals surface area contributed by atoms with Crippen molar-refractivity contribution in [3.05, 3.63) is 35.4 Å². The van der Waals surface area contributed by atoms with E-state index in [1.807, 2.05) is 18.2 Å². The molecule has 0 aromatic heterocycles. The SMILES string of the molecule is CC(NC1CCCC1(C)C)c1cccc(C#N)c1. The van der Waals surface area contributed by atoms with Crippen LogP contribution in [0.5, 0.6) is 0 Å². The molecule has 1 aromatic rings. The lowest BCUT2D eigenvalue weighted by atomic mass is 9.86. The Balaban J connectivity index is 2.08. The first-order valence-electron chi connectivity index (χ1n) is 6.79. The summed E-state index contributed by atoms with van der Waals surface area (Å²) < 4.78 is 0. The third-order valence-electron chi connectivity index (χ3n) is 4.22. The maximum atomic E-state index is 8.94. The van der Waals surface area contributed by atoms with Gasteiger partial charge in [-0.15, -0.1) is 0 Å². The van der Waals surface area contributed by atoms with Crippen LogP contribution in [0.2, 0.25) is 0 Å². The molecule has 1 saturated carbocycles. The van der Waals surface area contributed by atoms with Gasteiger partial charge in [0.05, 0.1) is 11.6 Å². The summed E-state index contributed by atoms with van der Waals surface area (Å²) in [5.41, 5.74) is 2.34. The predicted molar refractivity (Wildman–Crippen MR) is 74.1 cm³/mol. The van der Waals surface area contributed by atoms with E-state index in [-0.39, 0.29) is 0 Å². The van der Waals surface area contributed by atoms with Crippen LogP contribution in [0, 0.1) is 16.7 Å². The van der Waals surface area contributed by atoms with E-state index in [0.717, 1.165) is 5.56 Å². The van der Waals surface area contributed by atoms with E-state index in [9.17, 15) is 0 Å². The molecule has 0 spiro atoms. The molecule has 0 heterocycles. The second-order valence-corrected chi connectivity index (χ2v) is 6.06. The van der Waals surface area contributed by atoms with Gasteiger partial charge in [0.25, 0.3) is 0 Å². The first-order chi connectivity index (χ1) is 8.53. The van der Waals surface area contributed by atoms with Gasteiger partial charge in [0, 0.05) is 12.1 Å². The molecule has 2 atom stereocenters. The van der Waals surface area contributed by atoms with Gasteiger partial charge in [-0.2, -0.15) is 5.26 Å². The standard InChI is InChI=1S/C16H22N2/c1-12(14-7-4-6-13(10-14)11-17)18-15-8-5-9-16(15,2)3/h4,6-7,10,12,15,18H,5,8-9H2,1-3H3. The van der Waals surface area contributed by atoms with Crippen LogP contribution in [0.1, 0.15) is 57.2 Å². The van der Waals surface area contributed by atoms with Gasteiger partial charge in [0.1, 0.15) is 0 Å². The van der Waals surface area contributed by atoms with E-state index in [1.54, 1.807) is 0 Å². The summed E-state index contributed by atoms with van der Waals surface area (Å²) in [5, 5.41) is 12.7. The number of nitriles is 1. The molecule has 1 aromatic carbocycles. The molecule has 0 amide bonds. The fourth-order valence-corrected chi connectivity index (χ4v) is 2.91. The molecule has 0 aliphatic heterocycles. The highest BCUT2D eigenvalue weighted by Crippen LogP contribution is 2.38. The number of nitrogens with zero attached hydrogens (tertiary/aromatic N) is 1. The van der Waals surface area contributed by atoms with Crippen LogP contribution in [-0.4, -0.2) is 6.04 Å². The van der Waals surface area contributed by atoms with Gasteiger partial charge in [-0.05, 0) is 42.9 Å². The third kappa shape index (κ3) is 2.73. The normalized spacial score (nSPS) is 23.6. The van der Waals surface area contributed by atoms with Gasteiger partial charge in [0.15, 0.2) is 0 Å². The van der Waals surface area contributed by atoms with Crippen molar-refractivity contribution in [3.8, 4) is 6.07 Å². The lowest BCUT2D eigenvalue weighted by Gasteiger charge is -2.31. The minimum atomic E-state index is 0.306. The number of rotatable bonds is 3. The molecule has 1 fully saturated rings. The van der Waals surface area contributed by atoms with Crippen LogP contribution in [-0.2, 0) is 0 Å². The van der Waals surface area contributed by atoms with Crippen molar-refractivity contribution in [1.29, 1.82) is 5.26 Å². The molecule has 1 aliphatic carbocycles. The highest BCUT2D eigenvalue weighted by atomic mass is 15.0. The summed E-state index contributed by atoms with van der Waals surface area (Å²) in [4.78, 5) is 0. The van der Waals surface area contributed by atoms with E-state index < -0.39 is 0 Å². The van der Waals surface area contributed by atoms with Crippen LogP contribution >= 0.6 is 0 Å². The molecule has 0 saturated heterocycles. The zero-order valence-electron chi connectivity index (χ0n) is 11.5. The fraction of sp³-hybridized carbons (Fsp3) is 0.562. The smallest absolute Gasteiger partial charge is 0.0991 e. The van der Waals surface area contributed by atoms with Gasteiger partial charge in [0.2, 0.25) is 0 Å². The molecule has 18 heavy (non-hydrogen) atoms. The first kappa shape index (κ1) is 13.1. The summed E-state index contributed by atoms with van der Waals surface area (Å²) >= 11 is 0. The molecular formula is C16H22N2. The summed E-state index contributed by atoms with van der Waals surface area (Å²) in [6.45, 7) is 6.87. The van der Waals surface area contributed by atoms with E-state index in [4.69, 9.17) is 5.26 Å². The average Bonchev–Trinajstić information content (AvgIpc) is 2.69. The second kappa shape index (κ2) is 5.12. The van der Waals surface area contributed by atoms with Crippen molar-refractivity contribution in [2.45, 2.75) is 52.1 Å². The largest absolute Gasteiger partial charge is 0.307 e. The van der Waals surface area contributed by atoms with Gasteiger partial charge >= 0.3 is 0 Å². The Hall–Kier alpha value is -1.33. The summed E-state index contributed by atoms with van der Waals surface area (Å²) in [6.07, 6.45) is 3.88.